The number of rotatable bonds is 8. The summed E-state index contributed by atoms with van der Waals surface area (Å²) in [7, 11) is 0. The number of nitrogens with zero attached hydrogens (tertiary/aromatic N) is 3. The van der Waals surface area contributed by atoms with Gasteiger partial charge < -0.3 is 9.88 Å². The quantitative estimate of drug-likeness (QED) is 0.557. The molecule has 28 heavy (non-hydrogen) atoms. The minimum Gasteiger partial charge on any atom is -0.351 e. The summed E-state index contributed by atoms with van der Waals surface area (Å²) >= 11 is 7.57. The number of benzene rings is 2. The SMILES string of the molecule is CCn1c(Cc2ccccc2)nnc1S[C@@H](C)C(=O)NCc1ccccc1Cl. The Balaban J connectivity index is 1.62. The van der Waals surface area contributed by atoms with Crippen molar-refractivity contribution in [2.24, 2.45) is 0 Å². The van der Waals surface area contributed by atoms with Crippen LogP contribution in [0.2, 0.25) is 5.02 Å². The Kier molecular flexibility index (Phi) is 7.12. The lowest BCUT2D eigenvalue weighted by atomic mass is 10.1. The third-order valence-electron chi connectivity index (χ3n) is 4.38. The molecule has 1 N–H and O–H groups in total. The van der Waals surface area contributed by atoms with Crippen molar-refractivity contribution in [3.8, 4) is 0 Å². The van der Waals surface area contributed by atoms with Gasteiger partial charge in [-0.1, -0.05) is 71.9 Å². The molecule has 3 rings (SSSR count). The van der Waals surface area contributed by atoms with Gasteiger partial charge in [-0.3, -0.25) is 4.79 Å². The molecule has 5 nitrogen and oxygen atoms in total. The van der Waals surface area contributed by atoms with Crippen LogP contribution in [0.3, 0.4) is 0 Å². The standard InChI is InChI=1S/C21H23ClN4OS/c1-3-26-19(13-16-9-5-4-6-10-16)24-25-21(26)28-15(2)20(27)23-14-17-11-7-8-12-18(17)22/h4-12,15H,3,13-14H2,1-2H3,(H,23,27)/t15-/m0/s1. The van der Waals surface area contributed by atoms with Crippen LogP contribution in [0, 0.1) is 0 Å². The maximum atomic E-state index is 12.5. The van der Waals surface area contributed by atoms with Crippen molar-refractivity contribution in [2.45, 2.75) is 43.8 Å². The first-order valence-corrected chi connectivity index (χ1v) is 10.5. The van der Waals surface area contributed by atoms with Crippen LogP contribution in [-0.4, -0.2) is 25.9 Å². The number of carbonyl (C=O) groups is 1. The van der Waals surface area contributed by atoms with Crippen molar-refractivity contribution in [1.29, 1.82) is 0 Å². The largest absolute Gasteiger partial charge is 0.351 e. The minimum absolute atomic E-state index is 0.0554. The molecule has 0 fully saturated rings. The van der Waals surface area contributed by atoms with Gasteiger partial charge in [0.1, 0.15) is 5.82 Å². The van der Waals surface area contributed by atoms with E-state index in [-0.39, 0.29) is 11.2 Å². The topological polar surface area (TPSA) is 59.8 Å². The van der Waals surface area contributed by atoms with Gasteiger partial charge in [0.05, 0.1) is 5.25 Å². The molecule has 1 heterocycles. The van der Waals surface area contributed by atoms with Crippen LogP contribution in [0.4, 0.5) is 0 Å². The maximum absolute atomic E-state index is 12.5. The third-order valence-corrected chi connectivity index (χ3v) is 5.83. The van der Waals surface area contributed by atoms with Gasteiger partial charge in [0.2, 0.25) is 5.91 Å². The molecule has 0 aliphatic carbocycles. The lowest BCUT2D eigenvalue weighted by Crippen LogP contribution is -2.30. The van der Waals surface area contributed by atoms with E-state index >= 15 is 0 Å². The molecule has 3 aromatic rings. The van der Waals surface area contributed by atoms with Gasteiger partial charge in [0, 0.05) is 24.5 Å². The summed E-state index contributed by atoms with van der Waals surface area (Å²) in [4.78, 5) is 12.5. The van der Waals surface area contributed by atoms with E-state index in [4.69, 9.17) is 11.6 Å². The van der Waals surface area contributed by atoms with Crippen molar-refractivity contribution < 1.29 is 4.79 Å². The first kappa shape index (κ1) is 20.4. The Bertz CT molecular complexity index is 929. The number of halogens is 1. The van der Waals surface area contributed by atoms with Crippen molar-refractivity contribution in [1.82, 2.24) is 20.1 Å². The summed E-state index contributed by atoms with van der Waals surface area (Å²) in [5, 5.41) is 12.7. The maximum Gasteiger partial charge on any atom is 0.233 e. The van der Waals surface area contributed by atoms with Crippen molar-refractivity contribution in [3.63, 3.8) is 0 Å². The van der Waals surface area contributed by atoms with Gasteiger partial charge in [0.25, 0.3) is 0 Å². The minimum atomic E-state index is -0.290. The van der Waals surface area contributed by atoms with Crippen LogP contribution in [0.25, 0.3) is 0 Å². The van der Waals surface area contributed by atoms with Gasteiger partial charge in [-0.25, -0.2) is 0 Å². The van der Waals surface area contributed by atoms with Crippen molar-refractivity contribution in [3.05, 3.63) is 76.6 Å². The van der Waals surface area contributed by atoms with E-state index in [0.717, 1.165) is 29.5 Å². The fraction of sp³-hybridized carbons (Fsp3) is 0.286. The Morgan fingerprint density at radius 1 is 1.14 bits per heavy atom. The average Bonchev–Trinajstić information content (AvgIpc) is 3.08. The molecule has 0 unspecified atom stereocenters. The molecule has 0 saturated carbocycles. The van der Waals surface area contributed by atoms with Gasteiger partial charge in [-0.15, -0.1) is 10.2 Å². The van der Waals surface area contributed by atoms with E-state index in [0.29, 0.717) is 11.6 Å². The molecule has 1 atom stereocenters. The number of amides is 1. The molecule has 0 aliphatic heterocycles. The van der Waals surface area contributed by atoms with Crippen LogP contribution in [0.15, 0.2) is 59.8 Å². The highest BCUT2D eigenvalue weighted by atomic mass is 35.5. The predicted molar refractivity (Wildman–Crippen MR) is 114 cm³/mol. The van der Waals surface area contributed by atoms with Crippen molar-refractivity contribution >= 4 is 29.3 Å². The van der Waals surface area contributed by atoms with E-state index in [1.54, 1.807) is 0 Å². The Hall–Kier alpha value is -2.31. The van der Waals surface area contributed by atoms with Crippen LogP contribution >= 0.6 is 23.4 Å². The van der Waals surface area contributed by atoms with Gasteiger partial charge >= 0.3 is 0 Å². The Morgan fingerprint density at radius 3 is 2.57 bits per heavy atom. The highest BCUT2D eigenvalue weighted by molar-refractivity contribution is 8.00. The smallest absolute Gasteiger partial charge is 0.233 e. The number of aromatic nitrogens is 3. The Labute approximate surface area is 174 Å². The molecular weight excluding hydrogens is 392 g/mol. The predicted octanol–water partition coefficient (Wildman–Crippen LogP) is 4.34. The van der Waals surface area contributed by atoms with Gasteiger partial charge in [-0.05, 0) is 31.0 Å². The molecule has 146 valence electrons. The summed E-state index contributed by atoms with van der Waals surface area (Å²) in [6, 6.07) is 17.7. The molecule has 2 aromatic carbocycles. The van der Waals surface area contributed by atoms with E-state index < -0.39 is 0 Å². The van der Waals surface area contributed by atoms with Crippen LogP contribution in [0.5, 0.6) is 0 Å². The lowest BCUT2D eigenvalue weighted by Gasteiger charge is -2.13. The summed E-state index contributed by atoms with van der Waals surface area (Å²) < 4.78 is 2.06. The van der Waals surface area contributed by atoms with Crippen LogP contribution in [0.1, 0.15) is 30.8 Å². The molecule has 0 saturated heterocycles. The van der Waals surface area contributed by atoms with Crippen molar-refractivity contribution in [2.75, 3.05) is 0 Å². The molecule has 0 bridgehead atoms. The summed E-state index contributed by atoms with van der Waals surface area (Å²) in [6.45, 7) is 5.09. The van der Waals surface area contributed by atoms with Crippen LogP contribution < -0.4 is 5.32 Å². The monoisotopic (exact) mass is 414 g/mol. The lowest BCUT2D eigenvalue weighted by molar-refractivity contribution is -0.120. The highest BCUT2D eigenvalue weighted by Gasteiger charge is 2.19. The number of hydrogen-bond acceptors (Lipinski definition) is 4. The number of carbonyl (C=O) groups excluding carboxylic acids is 1. The molecule has 0 aliphatic rings. The second-order valence-electron chi connectivity index (χ2n) is 6.37. The zero-order chi connectivity index (χ0) is 19.9. The molecule has 0 spiro atoms. The van der Waals surface area contributed by atoms with Gasteiger partial charge in [-0.2, -0.15) is 0 Å². The summed E-state index contributed by atoms with van der Waals surface area (Å²) in [5.41, 5.74) is 2.09. The molecule has 7 heteroatoms. The fourth-order valence-corrected chi connectivity index (χ4v) is 3.97. The number of hydrogen-bond donors (Lipinski definition) is 1. The molecule has 1 amide bonds. The fourth-order valence-electron chi connectivity index (χ4n) is 2.81. The second-order valence-corrected chi connectivity index (χ2v) is 8.09. The zero-order valence-electron chi connectivity index (χ0n) is 15.9. The second kappa shape index (κ2) is 9.75. The normalized spacial score (nSPS) is 12.0. The van der Waals surface area contributed by atoms with E-state index in [9.17, 15) is 4.79 Å². The molecule has 0 radical (unpaired) electrons. The number of nitrogens with one attached hydrogen (secondary N) is 1. The zero-order valence-corrected chi connectivity index (χ0v) is 17.5. The summed E-state index contributed by atoms with van der Waals surface area (Å²) in [6.07, 6.45) is 0.718. The van der Waals surface area contributed by atoms with E-state index in [2.05, 4.69) is 39.1 Å². The van der Waals surface area contributed by atoms with E-state index in [1.165, 1.54) is 17.3 Å². The van der Waals surface area contributed by atoms with Crippen LogP contribution in [-0.2, 0) is 24.3 Å². The Morgan fingerprint density at radius 2 is 1.86 bits per heavy atom. The summed E-state index contributed by atoms with van der Waals surface area (Å²) in [5.74, 6) is 0.847. The highest BCUT2D eigenvalue weighted by Crippen LogP contribution is 2.24. The molecule has 1 aromatic heterocycles. The first-order valence-electron chi connectivity index (χ1n) is 9.22. The van der Waals surface area contributed by atoms with E-state index in [1.807, 2.05) is 49.4 Å². The molecular formula is C21H23ClN4OS. The third kappa shape index (κ3) is 5.14. The average molecular weight is 415 g/mol. The first-order chi connectivity index (χ1) is 13.6. The van der Waals surface area contributed by atoms with Gasteiger partial charge in [0.15, 0.2) is 5.16 Å². The number of thioether (sulfide) groups is 1.